The van der Waals surface area contributed by atoms with E-state index in [1.807, 2.05) is 42.5 Å². The van der Waals surface area contributed by atoms with Crippen molar-refractivity contribution in [1.29, 1.82) is 0 Å². The summed E-state index contributed by atoms with van der Waals surface area (Å²) in [5.41, 5.74) is 2.18. The number of hydrogen-bond acceptors (Lipinski definition) is 7. The number of para-hydroxylation sites is 4. The van der Waals surface area contributed by atoms with E-state index in [1.54, 1.807) is 6.07 Å². The number of carbonyl (C=O) groups is 1. The second-order valence-electron chi connectivity index (χ2n) is 8.36. The summed E-state index contributed by atoms with van der Waals surface area (Å²) in [5.74, 6) is 1.38. The third-order valence-corrected chi connectivity index (χ3v) is 6.25. The Morgan fingerprint density at radius 2 is 1.46 bits per heavy atom. The fourth-order valence-electron chi connectivity index (χ4n) is 4.50. The van der Waals surface area contributed by atoms with Crippen molar-refractivity contribution >= 4 is 35.6 Å². The van der Waals surface area contributed by atoms with Crippen LogP contribution >= 0.6 is 12.4 Å². The number of nitrogens with zero attached hydrogens (tertiary/aromatic N) is 4. The van der Waals surface area contributed by atoms with Crippen LogP contribution in [-0.2, 0) is 0 Å². The predicted octanol–water partition coefficient (Wildman–Crippen LogP) is 4.28. The Hall–Kier alpha value is -3.49. The topological polar surface area (TPSA) is 78.4 Å². The highest BCUT2D eigenvalue weighted by atomic mass is 35.5. The fourth-order valence-corrected chi connectivity index (χ4v) is 4.50. The van der Waals surface area contributed by atoms with Gasteiger partial charge in [-0.1, -0.05) is 30.3 Å². The van der Waals surface area contributed by atoms with Gasteiger partial charge in [0, 0.05) is 32.7 Å². The second-order valence-corrected chi connectivity index (χ2v) is 8.36. The van der Waals surface area contributed by atoms with Gasteiger partial charge in [-0.2, -0.15) is 0 Å². The number of fused-ring (bicyclic) bond motifs is 2. The highest BCUT2D eigenvalue weighted by Crippen LogP contribution is 2.40. The standard InChI is InChI=1S/C26H28N4O4.ClH/c31-26(32)20-7-5-12-25(27-20)29-17-15-28(16-18-29)13-6-14-30-21-8-1-3-10-23(21)33-19-34-24-11-4-2-9-22(24)30;/h1-5,7-12H,6,13-19H2,(H,31,32);1H. The molecule has 0 bridgehead atoms. The van der Waals surface area contributed by atoms with Crippen LogP contribution in [0.15, 0.2) is 66.7 Å². The smallest absolute Gasteiger partial charge is 0.354 e. The molecule has 1 fully saturated rings. The fraction of sp³-hybridized carbons (Fsp3) is 0.308. The lowest BCUT2D eigenvalue weighted by Crippen LogP contribution is -2.47. The van der Waals surface area contributed by atoms with Gasteiger partial charge in [0.1, 0.15) is 17.3 Å². The van der Waals surface area contributed by atoms with Crippen molar-refractivity contribution in [3.05, 3.63) is 72.4 Å². The Kier molecular flexibility index (Phi) is 7.94. The van der Waals surface area contributed by atoms with E-state index in [2.05, 4.69) is 31.8 Å². The molecule has 2 aliphatic rings. The number of hydrogen-bond donors (Lipinski definition) is 1. The van der Waals surface area contributed by atoms with Crippen LogP contribution in [0.1, 0.15) is 16.9 Å². The molecule has 9 heteroatoms. The summed E-state index contributed by atoms with van der Waals surface area (Å²) in [5, 5.41) is 9.20. The maximum atomic E-state index is 11.2. The van der Waals surface area contributed by atoms with Crippen molar-refractivity contribution in [2.75, 3.05) is 55.9 Å². The number of pyridine rings is 1. The zero-order valence-electron chi connectivity index (χ0n) is 19.4. The van der Waals surface area contributed by atoms with Gasteiger partial charge in [0.25, 0.3) is 0 Å². The molecule has 0 saturated carbocycles. The van der Waals surface area contributed by atoms with Crippen LogP contribution in [0, 0.1) is 0 Å². The largest absolute Gasteiger partial charge is 0.477 e. The molecule has 1 saturated heterocycles. The number of benzene rings is 2. The summed E-state index contributed by atoms with van der Waals surface area (Å²) in [6.45, 7) is 5.48. The van der Waals surface area contributed by atoms with Crippen molar-refractivity contribution in [3.63, 3.8) is 0 Å². The van der Waals surface area contributed by atoms with Gasteiger partial charge < -0.3 is 24.4 Å². The Morgan fingerprint density at radius 1 is 0.829 bits per heavy atom. The van der Waals surface area contributed by atoms with E-state index in [0.29, 0.717) is 0 Å². The SMILES string of the molecule is Cl.O=C(O)c1cccc(N2CCN(CCCN3c4ccccc4OCOc4ccccc43)CC2)n1. The lowest BCUT2D eigenvalue weighted by Gasteiger charge is -2.36. The van der Waals surface area contributed by atoms with E-state index in [1.165, 1.54) is 6.07 Å². The number of aromatic nitrogens is 1. The molecule has 3 aromatic rings. The van der Waals surface area contributed by atoms with Crippen molar-refractivity contribution in [2.24, 2.45) is 0 Å². The maximum Gasteiger partial charge on any atom is 0.354 e. The molecule has 0 aliphatic carbocycles. The Labute approximate surface area is 211 Å². The van der Waals surface area contributed by atoms with E-state index in [0.717, 1.165) is 74.4 Å². The quantitative estimate of drug-likeness (QED) is 0.541. The average Bonchev–Trinajstić information content (AvgIpc) is 2.87. The minimum absolute atomic E-state index is 0. The molecule has 0 spiro atoms. The lowest BCUT2D eigenvalue weighted by molar-refractivity contribution is 0.0690. The molecular weight excluding hydrogens is 468 g/mol. The molecule has 0 amide bonds. The molecule has 8 nitrogen and oxygen atoms in total. The Morgan fingerprint density at radius 3 is 2.09 bits per heavy atom. The molecule has 184 valence electrons. The van der Waals surface area contributed by atoms with Crippen molar-refractivity contribution in [1.82, 2.24) is 9.88 Å². The lowest BCUT2D eigenvalue weighted by atomic mass is 10.2. The summed E-state index contributed by atoms with van der Waals surface area (Å²) in [6, 6.07) is 21.3. The van der Waals surface area contributed by atoms with Crippen LogP contribution in [0.2, 0.25) is 0 Å². The zero-order chi connectivity index (χ0) is 23.3. The number of anilines is 3. The summed E-state index contributed by atoms with van der Waals surface area (Å²) in [6.07, 6.45) is 0.982. The van der Waals surface area contributed by atoms with Crippen LogP contribution in [0.4, 0.5) is 17.2 Å². The second kappa shape index (κ2) is 11.3. The monoisotopic (exact) mass is 496 g/mol. The average molecular weight is 497 g/mol. The summed E-state index contributed by atoms with van der Waals surface area (Å²) < 4.78 is 11.7. The number of aromatic carboxylic acids is 1. The molecule has 5 rings (SSSR count). The summed E-state index contributed by atoms with van der Waals surface area (Å²) in [7, 11) is 0. The minimum Gasteiger partial charge on any atom is -0.477 e. The number of carboxylic acid groups (broad SMARTS) is 1. The molecule has 2 aromatic carbocycles. The normalized spacial score (nSPS) is 15.4. The number of ether oxygens (including phenoxy) is 2. The molecule has 1 aromatic heterocycles. The highest BCUT2D eigenvalue weighted by molar-refractivity contribution is 5.86. The summed E-state index contributed by atoms with van der Waals surface area (Å²) in [4.78, 5) is 22.4. The molecule has 1 N–H and O–H groups in total. The Balaban J connectivity index is 0.00000289. The van der Waals surface area contributed by atoms with E-state index < -0.39 is 5.97 Å². The van der Waals surface area contributed by atoms with E-state index in [-0.39, 0.29) is 24.9 Å². The molecular formula is C26H29ClN4O4. The summed E-state index contributed by atoms with van der Waals surface area (Å²) >= 11 is 0. The van der Waals surface area contributed by atoms with E-state index in [4.69, 9.17) is 9.47 Å². The first-order valence-corrected chi connectivity index (χ1v) is 11.6. The van der Waals surface area contributed by atoms with Crippen LogP contribution in [-0.4, -0.2) is 67.0 Å². The molecule has 3 heterocycles. The molecule has 0 atom stereocenters. The van der Waals surface area contributed by atoms with E-state index in [9.17, 15) is 9.90 Å². The number of halogens is 1. The first-order chi connectivity index (χ1) is 16.7. The highest BCUT2D eigenvalue weighted by Gasteiger charge is 2.22. The third-order valence-electron chi connectivity index (χ3n) is 6.25. The predicted molar refractivity (Wildman–Crippen MR) is 138 cm³/mol. The number of rotatable bonds is 6. The molecule has 0 unspecified atom stereocenters. The van der Waals surface area contributed by atoms with Gasteiger partial charge in [0.15, 0.2) is 5.69 Å². The Bertz CT molecular complexity index is 1110. The van der Waals surface area contributed by atoms with Gasteiger partial charge in [-0.15, -0.1) is 12.4 Å². The van der Waals surface area contributed by atoms with Crippen molar-refractivity contribution in [2.45, 2.75) is 6.42 Å². The molecule has 2 aliphatic heterocycles. The van der Waals surface area contributed by atoms with Crippen molar-refractivity contribution in [3.8, 4) is 11.5 Å². The first-order valence-electron chi connectivity index (χ1n) is 11.6. The van der Waals surface area contributed by atoms with Gasteiger partial charge in [-0.25, -0.2) is 9.78 Å². The van der Waals surface area contributed by atoms with Gasteiger partial charge in [0.2, 0.25) is 6.79 Å². The number of carboxylic acids is 1. The van der Waals surface area contributed by atoms with Crippen LogP contribution < -0.4 is 19.3 Å². The van der Waals surface area contributed by atoms with Crippen molar-refractivity contribution < 1.29 is 19.4 Å². The minimum atomic E-state index is -0.997. The van der Waals surface area contributed by atoms with E-state index >= 15 is 0 Å². The van der Waals surface area contributed by atoms with Gasteiger partial charge in [-0.3, -0.25) is 4.90 Å². The van der Waals surface area contributed by atoms with Crippen LogP contribution in [0.5, 0.6) is 11.5 Å². The van der Waals surface area contributed by atoms with Crippen LogP contribution in [0.3, 0.4) is 0 Å². The molecule has 35 heavy (non-hydrogen) atoms. The zero-order valence-corrected chi connectivity index (χ0v) is 20.2. The van der Waals surface area contributed by atoms with Gasteiger partial charge in [-0.05, 0) is 49.4 Å². The first kappa shape index (κ1) is 24.6. The maximum absolute atomic E-state index is 11.2. The van der Waals surface area contributed by atoms with Gasteiger partial charge >= 0.3 is 5.97 Å². The third kappa shape index (κ3) is 5.61. The van der Waals surface area contributed by atoms with Gasteiger partial charge in [0.05, 0.1) is 11.4 Å². The van der Waals surface area contributed by atoms with Crippen LogP contribution in [0.25, 0.3) is 0 Å². The number of piperazine rings is 1. The molecule has 0 radical (unpaired) electrons.